The van der Waals surface area contributed by atoms with Gasteiger partial charge in [-0.1, -0.05) is 18.5 Å². The van der Waals surface area contributed by atoms with Crippen molar-refractivity contribution < 1.29 is 24.2 Å². The van der Waals surface area contributed by atoms with Gasteiger partial charge in [-0.05, 0) is 69.8 Å². The molecule has 2 saturated heterocycles. The first kappa shape index (κ1) is 24.9. The quantitative estimate of drug-likeness (QED) is 0.532. The van der Waals surface area contributed by atoms with Crippen LogP contribution in [0.3, 0.4) is 0 Å². The maximum absolute atomic E-state index is 13.9. The second-order valence-corrected chi connectivity index (χ2v) is 11.7. The fourth-order valence-corrected chi connectivity index (χ4v) is 6.71. The van der Waals surface area contributed by atoms with Crippen molar-refractivity contribution in [3.63, 3.8) is 0 Å². The number of hydrogen-bond acceptors (Lipinski definition) is 5. The fraction of sp³-hybridized carbons (Fsp3) is 0.517. The van der Waals surface area contributed by atoms with E-state index < -0.39 is 10.6 Å². The molecule has 196 valence electrons. The van der Waals surface area contributed by atoms with Crippen LogP contribution in [0.15, 0.2) is 68.6 Å². The molecule has 2 fully saturated rings. The lowest BCUT2D eigenvalue weighted by Gasteiger charge is -2.36. The number of fused-ring (bicyclic) bond motifs is 5. The molecule has 1 N–H and O–H groups in total. The molecule has 0 aromatic carbocycles. The summed E-state index contributed by atoms with van der Waals surface area (Å²) in [6, 6.07) is 0. The molecule has 1 amide bonds. The summed E-state index contributed by atoms with van der Waals surface area (Å²) in [6.45, 7) is 9.62. The number of ketones is 1. The highest BCUT2D eigenvalue weighted by molar-refractivity contribution is 6.31. The molecule has 0 saturated carbocycles. The van der Waals surface area contributed by atoms with Crippen molar-refractivity contribution in [2.24, 2.45) is 11.8 Å². The molecule has 0 aromatic heterocycles. The molecule has 6 rings (SSSR count). The summed E-state index contributed by atoms with van der Waals surface area (Å²) in [5.41, 5.74) is 5.17. The standard InChI is InChI=1S/C29H35ClN3O4/c1-4-33(36)16-23-25-12-19-11-24(30)18(3)37-27(15-31-9-7-17(2)8-10-31)22(19)14-32(25)29(35)28(23)21-6-5-20(34)13-26(21)33/h11-12,16-17,28,36H,4-10,13-15H2,1-3H3/q+1/t28?,33-/m1/s1. The molecule has 0 aromatic rings. The maximum atomic E-state index is 13.9. The normalized spacial score (nSPS) is 30.8. The van der Waals surface area contributed by atoms with E-state index in [9.17, 15) is 14.8 Å². The Morgan fingerprint density at radius 3 is 2.68 bits per heavy atom. The molecule has 0 bridgehead atoms. The summed E-state index contributed by atoms with van der Waals surface area (Å²) in [6.07, 6.45) is 9.24. The topological polar surface area (TPSA) is 70.1 Å². The Labute approximate surface area is 223 Å². The Morgan fingerprint density at radius 2 is 1.95 bits per heavy atom. The summed E-state index contributed by atoms with van der Waals surface area (Å²) < 4.78 is 5.93. The lowest BCUT2D eigenvalue weighted by atomic mass is 9.80. The number of hydrogen-bond donors (Lipinski definition) is 1. The summed E-state index contributed by atoms with van der Waals surface area (Å²) in [5.74, 6) is 1.94. The van der Waals surface area contributed by atoms with Crippen molar-refractivity contribution >= 4 is 23.3 Å². The summed E-state index contributed by atoms with van der Waals surface area (Å²) in [7, 11) is 0. The van der Waals surface area contributed by atoms with Gasteiger partial charge < -0.3 is 9.64 Å². The second kappa shape index (κ2) is 9.09. The molecule has 2 atom stereocenters. The molecule has 0 spiro atoms. The molecule has 0 radical (unpaired) electrons. The Hall–Kier alpha value is -2.45. The number of carbonyl (C=O) groups is 2. The number of Topliss-reactive ketones (excluding diaryl/α,β-unsaturated/α-hetero) is 1. The highest BCUT2D eigenvalue weighted by Crippen LogP contribution is 2.51. The number of halogens is 1. The van der Waals surface area contributed by atoms with Crippen LogP contribution in [-0.2, 0) is 14.3 Å². The van der Waals surface area contributed by atoms with Crippen LogP contribution in [0.2, 0.25) is 0 Å². The van der Waals surface area contributed by atoms with E-state index in [0.29, 0.717) is 49.0 Å². The Bertz CT molecular complexity index is 1280. The first-order valence-electron chi connectivity index (χ1n) is 13.5. The molecule has 1 aliphatic carbocycles. The van der Waals surface area contributed by atoms with E-state index in [0.717, 1.165) is 52.8 Å². The minimum Gasteiger partial charge on any atom is -0.463 e. The Morgan fingerprint density at radius 1 is 1.19 bits per heavy atom. The van der Waals surface area contributed by atoms with Crippen molar-refractivity contribution in [1.29, 1.82) is 0 Å². The van der Waals surface area contributed by atoms with E-state index in [1.54, 1.807) is 6.20 Å². The van der Waals surface area contributed by atoms with Crippen molar-refractivity contribution in [3.05, 3.63) is 68.6 Å². The molecule has 5 heterocycles. The number of hydroxylamine groups is 3. The van der Waals surface area contributed by atoms with Crippen molar-refractivity contribution in [1.82, 2.24) is 9.80 Å². The van der Waals surface area contributed by atoms with Gasteiger partial charge in [0, 0.05) is 23.1 Å². The number of nitrogens with zero attached hydrogens (tertiary/aromatic N) is 3. The number of amides is 1. The van der Waals surface area contributed by atoms with Gasteiger partial charge >= 0.3 is 0 Å². The van der Waals surface area contributed by atoms with Gasteiger partial charge in [-0.3, -0.25) is 14.5 Å². The van der Waals surface area contributed by atoms with Crippen LogP contribution in [0.1, 0.15) is 52.9 Å². The van der Waals surface area contributed by atoms with E-state index in [-0.39, 0.29) is 18.1 Å². The van der Waals surface area contributed by atoms with Crippen molar-refractivity contribution in [2.75, 3.05) is 32.7 Å². The molecule has 7 nitrogen and oxygen atoms in total. The van der Waals surface area contributed by atoms with Crippen LogP contribution in [-0.4, -0.2) is 64.1 Å². The molecular weight excluding hydrogens is 490 g/mol. The Balaban J connectivity index is 1.43. The summed E-state index contributed by atoms with van der Waals surface area (Å²) >= 11 is 6.63. The van der Waals surface area contributed by atoms with Crippen LogP contribution in [0.5, 0.6) is 0 Å². The lowest BCUT2D eigenvalue weighted by Crippen LogP contribution is -2.45. The van der Waals surface area contributed by atoms with Gasteiger partial charge in [0.25, 0.3) is 0 Å². The van der Waals surface area contributed by atoms with E-state index >= 15 is 0 Å². The number of ether oxygens (including phenoxy) is 1. The van der Waals surface area contributed by atoms with Crippen molar-refractivity contribution in [2.45, 2.75) is 52.9 Å². The minimum absolute atomic E-state index is 0.0134. The molecule has 6 aliphatic rings. The largest absolute Gasteiger partial charge is 0.463 e. The van der Waals surface area contributed by atoms with E-state index in [1.807, 2.05) is 30.9 Å². The minimum atomic E-state index is -0.441. The van der Waals surface area contributed by atoms with E-state index in [4.69, 9.17) is 16.3 Å². The molecular formula is C29H35ClN3O4+. The van der Waals surface area contributed by atoms with Crippen molar-refractivity contribution in [3.8, 4) is 0 Å². The lowest BCUT2D eigenvalue weighted by molar-refractivity contribution is -1.03. The highest BCUT2D eigenvalue weighted by Gasteiger charge is 2.53. The maximum Gasteiger partial charge on any atom is 0.239 e. The van der Waals surface area contributed by atoms with Crippen LogP contribution in [0, 0.1) is 11.8 Å². The summed E-state index contributed by atoms with van der Waals surface area (Å²) in [4.78, 5) is 30.5. The average Bonchev–Trinajstić information content (AvgIpc) is 3.08. The third kappa shape index (κ3) is 4.07. The molecule has 8 heteroatoms. The number of likely N-dealkylation sites (tertiary alicyclic amines) is 1. The van der Waals surface area contributed by atoms with Gasteiger partial charge in [0.1, 0.15) is 30.0 Å². The van der Waals surface area contributed by atoms with Gasteiger partial charge in [-0.25, -0.2) is 5.21 Å². The molecule has 5 aliphatic heterocycles. The second-order valence-electron chi connectivity index (χ2n) is 11.3. The predicted molar refractivity (Wildman–Crippen MR) is 139 cm³/mol. The highest BCUT2D eigenvalue weighted by atomic mass is 35.5. The van der Waals surface area contributed by atoms with Gasteiger partial charge in [0.05, 0.1) is 36.2 Å². The fourth-order valence-electron chi connectivity index (χ4n) is 6.55. The van der Waals surface area contributed by atoms with Gasteiger partial charge in [-0.2, -0.15) is 0 Å². The SMILES string of the molecule is CC[N@@+]1(O)C=C2C3=CC4=CC(Cl)=C(C)OC(CN5CCC(C)CC5)=C4CN3C(=O)C2C2=C1CC(=O)CC2. The van der Waals surface area contributed by atoms with Crippen LogP contribution >= 0.6 is 11.6 Å². The third-order valence-corrected chi connectivity index (χ3v) is 9.28. The zero-order valence-corrected chi connectivity index (χ0v) is 22.6. The predicted octanol–water partition coefficient (Wildman–Crippen LogP) is 4.89. The van der Waals surface area contributed by atoms with E-state index in [1.165, 1.54) is 12.8 Å². The number of quaternary nitrogens is 1. The average molecular weight is 525 g/mol. The third-order valence-electron chi connectivity index (χ3n) is 8.90. The number of rotatable bonds is 3. The number of allylic oxidation sites excluding steroid dienone is 6. The first-order chi connectivity index (χ1) is 17.7. The van der Waals surface area contributed by atoms with Gasteiger partial charge in [0.2, 0.25) is 5.91 Å². The summed E-state index contributed by atoms with van der Waals surface area (Å²) in [5, 5.41) is 12.1. The zero-order valence-electron chi connectivity index (χ0n) is 21.8. The number of piperidine rings is 1. The smallest absolute Gasteiger partial charge is 0.239 e. The first-order valence-corrected chi connectivity index (χ1v) is 13.9. The molecule has 1 unspecified atom stereocenters. The van der Waals surface area contributed by atoms with Gasteiger partial charge in [0.15, 0.2) is 5.70 Å². The zero-order chi connectivity index (χ0) is 26.1. The van der Waals surface area contributed by atoms with Gasteiger partial charge in [-0.15, -0.1) is 4.65 Å². The Kier molecular flexibility index (Phi) is 6.10. The van der Waals surface area contributed by atoms with Crippen LogP contribution in [0.25, 0.3) is 0 Å². The van der Waals surface area contributed by atoms with Crippen LogP contribution in [0.4, 0.5) is 0 Å². The van der Waals surface area contributed by atoms with E-state index in [2.05, 4.69) is 11.8 Å². The monoisotopic (exact) mass is 524 g/mol. The van der Waals surface area contributed by atoms with Crippen LogP contribution < -0.4 is 0 Å². The number of carbonyl (C=O) groups excluding carboxylic acids is 2. The molecule has 37 heavy (non-hydrogen) atoms.